The van der Waals surface area contributed by atoms with Crippen molar-refractivity contribution in [3.63, 3.8) is 0 Å². The van der Waals surface area contributed by atoms with Gasteiger partial charge in [0.15, 0.2) is 0 Å². The molecule has 0 saturated heterocycles. The molecule has 0 atom stereocenters. The fraction of sp³-hybridized carbons (Fsp3) is 0.154. The number of halogens is 6. The highest BCUT2D eigenvalue weighted by Gasteiger charge is 2.28. The Hall–Kier alpha value is -4.88. The zero-order valence-electron chi connectivity index (χ0n) is 20.6. The molecule has 4 rings (SSSR count). The van der Waals surface area contributed by atoms with Crippen LogP contribution in [0.4, 0.5) is 32.0 Å². The van der Waals surface area contributed by atoms with Crippen molar-refractivity contribution in [2.24, 2.45) is 7.05 Å². The maximum absolute atomic E-state index is 15.2. The predicted octanol–water partition coefficient (Wildman–Crippen LogP) is 5.58. The first kappa shape index (κ1) is 28.1. The van der Waals surface area contributed by atoms with Gasteiger partial charge in [-0.05, 0) is 36.4 Å². The number of hydrogen-bond acceptors (Lipinski definition) is 5. The predicted molar refractivity (Wildman–Crippen MR) is 131 cm³/mol. The number of amides is 1. The normalized spacial score (nSPS) is 11.2. The van der Waals surface area contributed by atoms with Crippen molar-refractivity contribution in [2.45, 2.75) is 13.2 Å². The van der Waals surface area contributed by atoms with Crippen LogP contribution in [-0.4, -0.2) is 35.6 Å². The van der Waals surface area contributed by atoms with E-state index in [0.717, 1.165) is 51.8 Å². The highest BCUT2D eigenvalue weighted by Crippen LogP contribution is 2.34. The molecule has 1 aromatic heterocycles. The Morgan fingerprint density at radius 3 is 2.02 bits per heavy atom. The van der Waals surface area contributed by atoms with Crippen LogP contribution < -0.4 is 25.1 Å². The molecule has 0 fully saturated rings. The molecule has 0 aliphatic rings. The van der Waals surface area contributed by atoms with E-state index in [9.17, 15) is 27.2 Å². The Morgan fingerprint density at radius 1 is 0.850 bits per heavy atom. The van der Waals surface area contributed by atoms with Gasteiger partial charge in [0.05, 0.1) is 18.4 Å². The standard InChI is InChI=1S/C26H19F6N3O5/c1-34-22(20-18(27)11-17(38-2)12-19(20)28)21(33-23(36)13-6-8-15(9-7-13)39-25(29)30)24(37)35(34)14-4-3-5-16(10-14)40-26(31)32/h3-12,25-26H,1-2H3,(H,33,36). The van der Waals surface area contributed by atoms with E-state index in [-0.39, 0.29) is 28.5 Å². The number of aromatic nitrogens is 2. The lowest BCUT2D eigenvalue weighted by Crippen LogP contribution is -2.23. The maximum atomic E-state index is 15.2. The molecule has 4 aromatic rings. The number of rotatable bonds is 9. The second-order valence-electron chi connectivity index (χ2n) is 8.06. The Labute approximate surface area is 221 Å². The van der Waals surface area contributed by atoms with Gasteiger partial charge in [0, 0.05) is 30.8 Å². The highest BCUT2D eigenvalue weighted by molar-refractivity contribution is 6.06. The molecule has 0 unspecified atom stereocenters. The van der Waals surface area contributed by atoms with Gasteiger partial charge in [-0.1, -0.05) is 6.07 Å². The Bertz CT molecular complexity index is 1580. The summed E-state index contributed by atoms with van der Waals surface area (Å²) in [4.78, 5) is 26.6. The molecule has 8 nitrogen and oxygen atoms in total. The second kappa shape index (κ2) is 11.5. The van der Waals surface area contributed by atoms with Crippen molar-refractivity contribution in [1.82, 2.24) is 9.36 Å². The van der Waals surface area contributed by atoms with E-state index in [1.54, 1.807) is 0 Å². The van der Waals surface area contributed by atoms with Crippen molar-refractivity contribution in [3.8, 4) is 34.2 Å². The summed E-state index contributed by atoms with van der Waals surface area (Å²) in [5, 5.41) is 2.32. The minimum Gasteiger partial charge on any atom is -0.497 e. The fourth-order valence-electron chi connectivity index (χ4n) is 3.95. The Balaban J connectivity index is 1.87. The molecule has 210 valence electrons. The number of anilines is 1. The molecule has 0 saturated carbocycles. The third-order valence-corrected chi connectivity index (χ3v) is 5.62. The number of carbonyl (C=O) groups excluding carboxylic acids is 1. The molecule has 0 aliphatic carbocycles. The summed E-state index contributed by atoms with van der Waals surface area (Å²) in [5.41, 5.74) is -2.79. The van der Waals surface area contributed by atoms with Gasteiger partial charge in [0.1, 0.15) is 40.3 Å². The number of hydrogen-bond donors (Lipinski definition) is 1. The molecule has 3 aromatic carbocycles. The molecule has 0 aliphatic heterocycles. The topological polar surface area (TPSA) is 83.7 Å². The van der Waals surface area contributed by atoms with Gasteiger partial charge >= 0.3 is 13.2 Å². The van der Waals surface area contributed by atoms with Crippen molar-refractivity contribution in [3.05, 3.63) is 88.2 Å². The van der Waals surface area contributed by atoms with Gasteiger partial charge in [-0.15, -0.1) is 0 Å². The first-order chi connectivity index (χ1) is 19.0. The lowest BCUT2D eigenvalue weighted by molar-refractivity contribution is -0.0505. The highest BCUT2D eigenvalue weighted by atomic mass is 19.3. The minimum absolute atomic E-state index is 0.0322. The minimum atomic E-state index is -3.16. The number of nitrogens with zero attached hydrogens (tertiary/aromatic N) is 2. The Kier molecular flexibility index (Phi) is 8.07. The van der Waals surface area contributed by atoms with E-state index in [1.807, 2.05) is 0 Å². The number of nitrogens with one attached hydrogen (secondary N) is 1. The average Bonchev–Trinajstić information content (AvgIpc) is 3.12. The van der Waals surface area contributed by atoms with Crippen LogP contribution in [0.3, 0.4) is 0 Å². The summed E-state index contributed by atoms with van der Waals surface area (Å²) in [5.74, 6) is -3.89. The van der Waals surface area contributed by atoms with Crippen LogP contribution in [0.25, 0.3) is 16.9 Å². The molecular formula is C26H19F6N3O5. The fourth-order valence-corrected chi connectivity index (χ4v) is 3.95. The van der Waals surface area contributed by atoms with Crippen LogP contribution in [0, 0.1) is 11.6 Å². The van der Waals surface area contributed by atoms with Crippen LogP contribution in [0.1, 0.15) is 10.4 Å². The van der Waals surface area contributed by atoms with Crippen molar-refractivity contribution in [2.75, 3.05) is 12.4 Å². The molecule has 0 spiro atoms. The van der Waals surface area contributed by atoms with Crippen molar-refractivity contribution < 1.29 is 45.3 Å². The summed E-state index contributed by atoms with van der Waals surface area (Å²) >= 11 is 0. The smallest absolute Gasteiger partial charge is 0.387 e. The van der Waals surface area contributed by atoms with Crippen LogP contribution in [0.5, 0.6) is 17.2 Å². The number of benzene rings is 3. The summed E-state index contributed by atoms with van der Waals surface area (Å²) in [6.45, 7) is -6.25. The van der Waals surface area contributed by atoms with E-state index in [2.05, 4.69) is 14.8 Å². The van der Waals surface area contributed by atoms with E-state index in [4.69, 9.17) is 4.74 Å². The third kappa shape index (κ3) is 5.75. The molecule has 1 N–H and O–H groups in total. The van der Waals surface area contributed by atoms with Gasteiger partial charge in [-0.2, -0.15) is 17.6 Å². The van der Waals surface area contributed by atoms with E-state index in [0.29, 0.717) is 0 Å². The van der Waals surface area contributed by atoms with E-state index < -0.39 is 53.3 Å². The molecule has 0 bridgehead atoms. The molecule has 1 heterocycles. The number of carbonyl (C=O) groups is 1. The van der Waals surface area contributed by atoms with Crippen LogP contribution >= 0.6 is 0 Å². The largest absolute Gasteiger partial charge is 0.497 e. The van der Waals surface area contributed by atoms with Crippen molar-refractivity contribution in [1.29, 1.82) is 0 Å². The molecule has 0 radical (unpaired) electrons. The van der Waals surface area contributed by atoms with Crippen LogP contribution in [0.2, 0.25) is 0 Å². The van der Waals surface area contributed by atoms with Crippen LogP contribution in [0.15, 0.2) is 65.5 Å². The zero-order valence-corrected chi connectivity index (χ0v) is 20.6. The van der Waals surface area contributed by atoms with Gasteiger partial charge in [0.2, 0.25) is 0 Å². The third-order valence-electron chi connectivity index (χ3n) is 5.62. The summed E-state index contributed by atoms with van der Waals surface area (Å²) in [6, 6.07) is 11.1. The second-order valence-corrected chi connectivity index (χ2v) is 8.06. The van der Waals surface area contributed by atoms with E-state index >= 15 is 8.78 Å². The zero-order chi connectivity index (χ0) is 29.1. The first-order valence-corrected chi connectivity index (χ1v) is 11.3. The van der Waals surface area contributed by atoms with Crippen molar-refractivity contribution >= 4 is 11.6 Å². The monoisotopic (exact) mass is 567 g/mol. The summed E-state index contributed by atoms with van der Waals surface area (Å²) in [7, 11) is 2.45. The van der Waals surface area contributed by atoms with Gasteiger partial charge in [0.25, 0.3) is 11.5 Å². The van der Waals surface area contributed by atoms with Gasteiger partial charge < -0.3 is 19.5 Å². The number of methoxy groups -OCH3 is 1. The number of ether oxygens (including phenoxy) is 3. The summed E-state index contributed by atoms with van der Waals surface area (Å²) < 4.78 is 96.1. The quantitative estimate of drug-likeness (QED) is 0.267. The van der Waals surface area contributed by atoms with Crippen LogP contribution in [-0.2, 0) is 7.05 Å². The lowest BCUT2D eigenvalue weighted by atomic mass is 10.1. The SMILES string of the molecule is COc1cc(F)c(-c2c(NC(=O)c3ccc(OC(F)F)cc3)c(=O)n(-c3cccc(OC(F)F)c3)n2C)c(F)c1. The molecule has 1 amide bonds. The summed E-state index contributed by atoms with van der Waals surface area (Å²) in [6.07, 6.45) is 0. The number of alkyl halides is 4. The molecule has 14 heteroatoms. The first-order valence-electron chi connectivity index (χ1n) is 11.3. The van der Waals surface area contributed by atoms with Gasteiger partial charge in [-0.3, -0.25) is 14.3 Å². The van der Waals surface area contributed by atoms with E-state index in [1.165, 1.54) is 32.4 Å². The maximum Gasteiger partial charge on any atom is 0.387 e. The molecule has 40 heavy (non-hydrogen) atoms. The Morgan fingerprint density at radius 2 is 1.45 bits per heavy atom. The average molecular weight is 567 g/mol. The van der Waals surface area contributed by atoms with Gasteiger partial charge in [-0.25, -0.2) is 13.5 Å². The lowest BCUT2D eigenvalue weighted by Gasteiger charge is -2.14. The molecular weight excluding hydrogens is 548 g/mol.